The minimum atomic E-state index is -0.566. The van der Waals surface area contributed by atoms with E-state index in [1.807, 2.05) is 17.0 Å². The highest BCUT2D eigenvalue weighted by atomic mass is 19.1. The molecule has 2 amide bonds. The van der Waals surface area contributed by atoms with E-state index in [1.165, 1.54) is 29.8 Å². The van der Waals surface area contributed by atoms with E-state index in [0.29, 0.717) is 17.9 Å². The molecule has 0 radical (unpaired) electrons. The Balaban J connectivity index is 1.27. The zero-order chi connectivity index (χ0) is 25.5. The Hall–Kier alpha value is -2.93. The number of likely N-dealkylation sites (tertiary alicyclic amines) is 1. The number of unbranched alkanes of at least 4 members (excludes halogenated alkanes) is 1. The Morgan fingerprint density at radius 2 is 1.75 bits per heavy atom. The van der Waals surface area contributed by atoms with Gasteiger partial charge in [-0.3, -0.25) is 9.59 Å². The van der Waals surface area contributed by atoms with Crippen molar-refractivity contribution in [2.75, 3.05) is 26.7 Å². The molecule has 194 valence electrons. The highest BCUT2D eigenvalue weighted by molar-refractivity contribution is 5.97. The molecule has 1 aliphatic carbocycles. The second kappa shape index (κ2) is 11.9. The van der Waals surface area contributed by atoms with Gasteiger partial charge >= 0.3 is 0 Å². The third kappa shape index (κ3) is 6.64. The van der Waals surface area contributed by atoms with Gasteiger partial charge in [-0.1, -0.05) is 12.1 Å². The molecule has 7 heteroatoms. The lowest BCUT2D eigenvalue weighted by atomic mass is 10.0. The van der Waals surface area contributed by atoms with Crippen molar-refractivity contribution < 1.29 is 18.7 Å². The minimum Gasteiger partial charge on any atom is -0.497 e. The molecule has 2 N–H and O–H groups in total. The first-order valence-electron chi connectivity index (χ1n) is 13.1. The van der Waals surface area contributed by atoms with Crippen molar-refractivity contribution in [1.82, 2.24) is 15.5 Å². The Kier molecular flexibility index (Phi) is 8.62. The van der Waals surface area contributed by atoms with Crippen LogP contribution in [0.2, 0.25) is 0 Å². The summed E-state index contributed by atoms with van der Waals surface area (Å²) >= 11 is 0. The maximum Gasteiger partial charge on any atom is 0.251 e. The van der Waals surface area contributed by atoms with Crippen LogP contribution in [0.5, 0.6) is 5.75 Å². The highest BCUT2D eigenvalue weighted by Gasteiger charge is 2.50. The van der Waals surface area contributed by atoms with E-state index in [9.17, 15) is 14.0 Å². The molecule has 1 saturated carbocycles. The standard InChI is InChI=1S/C29H38FN3O3/c1-29(20-25(29)21-11-15-24(36-2)16-12-21)31-17-5-4-8-26(28(35)33-18-6-3-7-19-33)32-27(34)22-9-13-23(30)14-10-22/h9-16,25-26,31H,3-8,17-20H2,1-2H3,(H,32,34)/t25-,26-,29?/m0/s1. The van der Waals surface area contributed by atoms with Gasteiger partial charge < -0.3 is 20.3 Å². The molecule has 3 atom stereocenters. The van der Waals surface area contributed by atoms with Crippen LogP contribution in [0.1, 0.15) is 73.7 Å². The zero-order valence-electron chi connectivity index (χ0n) is 21.4. The average molecular weight is 496 g/mol. The van der Waals surface area contributed by atoms with Crippen molar-refractivity contribution in [2.45, 2.75) is 69.4 Å². The molecule has 0 aromatic heterocycles. The summed E-state index contributed by atoms with van der Waals surface area (Å²) in [4.78, 5) is 27.9. The summed E-state index contributed by atoms with van der Waals surface area (Å²) in [5, 5.41) is 6.62. The van der Waals surface area contributed by atoms with Crippen LogP contribution < -0.4 is 15.4 Å². The van der Waals surface area contributed by atoms with Gasteiger partial charge in [0.05, 0.1) is 7.11 Å². The molecule has 4 rings (SSSR count). The third-order valence-corrected chi connectivity index (χ3v) is 7.58. The summed E-state index contributed by atoms with van der Waals surface area (Å²) < 4.78 is 18.5. The van der Waals surface area contributed by atoms with Crippen LogP contribution in [0.15, 0.2) is 48.5 Å². The summed E-state index contributed by atoms with van der Waals surface area (Å²) in [6.07, 6.45) is 6.57. The summed E-state index contributed by atoms with van der Waals surface area (Å²) in [5.41, 5.74) is 1.77. The van der Waals surface area contributed by atoms with Gasteiger partial charge in [-0.2, -0.15) is 0 Å². The van der Waals surface area contributed by atoms with Crippen LogP contribution in [-0.4, -0.2) is 55.0 Å². The first kappa shape index (κ1) is 26.1. The number of nitrogens with zero attached hydrogens (tertiary/aromatic N) is 1. The van der Waals surface area contributed by atoms with Crippen LogP contribution in [0.4, 0.5) is 4.39 Å². The van der Waals surface area contributed by atoms with Gasteiger partial charge in [-0.25, -0.2) is 4.39 Å². The van der Waals surface area contributed by atoms with E-state index < -0.39 is 11.9 Å². The Morgan fingerprint density at radius 3 is 2.42 bits per heavy atom. The number of halogens is 1. The Morgan fingerprint density at radius 1 is 1.06 bits per heavy atom. The molecule has 0 spiro atoms. The molecule has 1 aliphatic heterocycles. The van der Waals surface area contributed by atoms with Crippen molar-refractivity contribution in [3.63, 3.8) is 0 Å². The summed E-state index contributed by atoms with van der Waals surface area (Å²) in [5.74, 6) is 0.628. The molecule has 1 unspecified atom stereocenters. The number of carbonyl (C=O) groups excluding carboxylic acids is 2. The number of rotatable bonds is 11. The molecule has 6 nitrogen and oxygen atoms in total. The van der Waals surface area contributed by atoms with Crippen LogP contribution in [-0.2, 0) is 4.79 Å². The summed E-state index contributed by atoms with van der Waals surface area (Å²) in [6, 6.07) is 13.2. The van der Waals surface area contributed by atoms with E-state index in [1.54, 1.807) is 7.11 Å². The number of amides is 2. The van der Waals surface area contributed by atoms with E-state index in [2.05, 4.69) is 29.7 Å². The monoisotopic (exact) mass is 495 g/mol. The van der Waals surface area contributed by atoms with Crippen LogP contribution >= 0.6 is 0 Å². The fraction of sp³-hybridized carbons (Fsp3) is 0.517. The van der Waals surface area contributed by atoms with Gasteiger partial charge in [0, 0.05) is 30.1 Å². The topological polar surface area (TPSA) is 70.7 Å². The number of carbonyl (C=O) groups is 2. The Labute approximate surface area is 213 Å². The van der Waals surface area contributed by atoms with Gasteiger partial charge in [-0.05, 0) is 100 Å². The molecule has 0 bridgehead atoms. The van der Waals surface area contributed by atoms with E-state index in [4.69, 9.17) is 4.74 Å². The smallest absolute Gasteiger partial charge is 0.251 e. The van der Waals surface area contributed by atoms with Crippen molar-refractivity contribution in [3.05, 3.63) is 65.5 Å². The lowest BCUT2D eigenvalue weighted by Crippen LogP contribution is -2.50. The number of piperidine rings is 1. The largest absolute Gasteiger partial charge is 0.497 e. The lowest BCUT2D eigenvalue weighted by Gasteiger charge is -2.31. The molecule has 1 saturated heterocycles. The van der Waals surface area contributed by atoms with Crippen molar-refractivity contribution in [3.8, 4) is 5.75 Å². The van der Waals surface area contributed by atoms with Crippen molar-refractivity contribution in [2.24, 2.45) is 0 Å². The zero-order valence-corrected chi connectivity index (χ0v) is 21.4. The fourth-order valence-corrected chi connectivity index (χ4v) is 5.16. The number of hydrogen-bond donors (Lipinski definition) is 2. The fourth-order valence-electron chi connectivity index (χ4n) is 5.16. The molecule has 2 aliphatic rings. The summed E-state index contributed by atoms with van der Waals surface area (Å²) in [6.45, 7) is 4.61. The minimum absolute atomic E-state index is 0.00755. The maximum atomic E-state index is 13.3. The van der Waals surface area contributed by atoms with E-state index in [0.717, 1.165) is 63.9 Å². The van der Waals surface area contributed by atoms with E-state index in [-0.39, 0.29) is 17.4 Å². The molecule has 36 heavy (non-hydrogen) atoms. The second-order valence-electron chi connectivity index (χ2n) is 10.3. The normalized spacial score (nSPS) is 22.1. The molecular formula is C29H38FN3O3. The summed E-state index contributed by atoms with van der Waals surface area (Å²) in [7, 11) is 1.68. The Bertz CT molecular complexity index is 1020. The molecule has 2 aromatic carbocycles. The van der Waals surface area contributed by atoms with Gasteiger partial charge in [-0.15, -0.1) is 0 Å². The number of hydrogen-bond acceptors (Lipinski definition) is 4. The van der Waals surface area contributed by atoms with Gasteiger partial charge in [0.2, 0.25) is 5.91 Å². The van der Waals surface area contributed by atoms with Crippen LogP contribution in [0.3, 0.4) is 0 Å². The highest BCUT2D eigenvalue weighted by Crippen LogP contribution is 2.51. The number of nitrogens with one attached hydrogen (secondary N) is 2. The first-order chi connectivity index (χ1) is 17.4. The maximum absolute atomic E-state index is 13.3. The first-order valence-corrected chi connectivity index (χ1v) is 13.1. The van der Waals surface area contributed by atoms with Crippen LogP contribution in [0, 0.1) is 5.82 Å². The molecule has 1 heterocycles. The van der Waals surface area contributed by atoms with Gasteiger partial charge in [0.1, 0.15) is 17.6 Å². The number of benzene rings is 2. The van der Waals surface area contributed by atoms with Gasteiger partial charge in [0.25, 0.3) is 5.91 Å². The molecule has 2 fully saturated rings. The number of ether oxygens (including phenoxy) is 1. The second-order valence-corrected chi connectivity index (χ2v) is 10.3. The predicted octanol–water partition coefficient (Wildman–Crippen LogP) is 4.65. The average Bonchev–Trinajstić information content (AvgIpc) is 3.59. The molecule has 2 aromatic rings. The number of methoxy groups -OCH3 is 1. The third-order valence-electron chi connectivity index (χ3n) is 7.58. The van der Waals surface area contributed by atoms with Gasteiger partial charge in [0.15, 0.2) is 0 Å². The SMILES string of the molecule is COc1ccc([C@@H]2CC2(C)NCCCC[C@H](NC(=O)c2ccc(F)cc2)C(=O)N2CCCCC2)cc1. The lowest BCUT2D eigenvalue weighted by molar-refractivity contribution is -0.134. The molecular weight excluding hydrogens is 457 g/mol. The van der Waals surface area contributed by atoms with Crippen LogP contribution in [0.25, 0.3) is 0 Å². The van der Waals surface area contributed by atoms with Crippen molar-refractivity contribution >= 4 is 11.8 Å². The predicted molar refractivity (Wildman–Crippen MR) is 139 cm³/mol. The van der Waals surface area contributed by atoms with Crippen molar-refractivity contribution in [1.29, 1.82) is 0 Å². The quantitative estimate of drug-likeness (QED) is 0.445. The van der Waals surface area contributed by atoms with E-state index >= 15 is 0 Å².